The molecule has 0 amide bonds. The van der Waals surface area contributed by atoms with Crippen LogP contribution in [0.1, 0.15) is 18.4 Å². The highest BCUT2D eigenvalue weighted by Gasteiger charge is 2.20. The first kappa shape index (κ1) is 13.7. The summed E-state index contributed by atoms with van der Waals surface area (Å²) >= 11 is 3.71. The maximum atomic E-state index is 5.65. The Morgan fingerprint density at radius 2 is 2.11 bits per heavy atom. The summed E-state index contributed by atoms with van der Waals surface area (Å²) in [7, 11) is 2.17. The van der Waals surface area contributed by atoms with Crippen molar-refractivity contribution in [2.75, 3.05) is 43.0 Å². The smallest absolute Gasteiger partial charge is 0.0746 e. The summed E-state index contributed by atoms with van der Waals surface area (Å²) in [6.45, 7) is 6.18. The molecule has 18 heavy (non-hydrogen) atoms. The van der Waals surface area contributed by atoms with Crippen LogP contribution in [0.5, 0.6) is 0 Å². The Morgan fingerprint density at radius 3 is 2.83 bits per heavy atom. The maximum absolute atomic E-state index is 5.65. The van der Waals surface area contributed by atoms with Crippen molar-refractivity contribution in [1.29, 1.82) is 0 Å². The van der Waals surface area contributed by atoms with Gasteiger partial charge in [0.05, 0.1) is 11.4 Å². The molecule has 1 aliphatic rings. The lowest BCUT2D eigenvalue weighted by Gasteiger charge is -2.27. The predicted octanol–water partition coefficient (Wildman–Crippen LogP) is 2.75. The van der Waals surface area contributed by atoms with Crippen molar-refractivity contribution in [3.8, 4) is 0 Å². The van der Waals surface area contributed by atoms with Crippen molar-refractivity contribution in [2.45, 2.75) is 19.8 Å². The van der Waals surface area contributed by atoms with E-state index in [-0.39, 0.29) is 0 Å². The number of rotatable bonds is 3. The molecule has 4 heteroatoms. The van der Waals surface area contributed by atoms with Crippen LogP contribution in [0.25, 0.3) is 0 Å². The Kier molecular flexibility index (Phi) is 4.51. The number of anilines is 2. The second kappa shape index (κ2) is 5.93. The Balaban J connectivity index is 2.40. The van der Waals surface area contributed by atoms with Gasteiger partial charge in [-0.3, -0.25) is 0 Å². The lowest BCUT2D eigenvalue weighted by molar-refractivity contribution is 0.710. The lowest BCUT2D eigenvalue weighted by Crippen LogP contribution is -2.26. The van der Waals surface area contributed by atoms with Gasteiger partial charge in [0.15, 0.2) is 0 Å². The van der Waals surface area contributed by atoms with Gasteiger partial charge in [-0.25, -0.2) is 0 Å². The summed E-state index contributed by atoms with van der Waals surface area (Å²) < 4.78 is 1.19. The average molecular weight is 312 g/mol. The highest BCUT2D eigenvalue weighted by atomic mass is 79.9. The van der Waals surface area contributed by atoms with Gasteiger partial charge in [0, 0.05) is 31.2 Å². The van der Waals surface area contributed by atoms with Crippen LogP contribution in [0.3, 0.4) is 0 Å². The first-order valence-corrected chi connectivity index (χ1v) is 7.39. The van der Waals surface area contributed by atoms with E-state index in [9.17, 15) is 0 Å². The van der Waals surface area contributed by atoms with Gasteiger partial charge in [-0.1, -0.05) is 0 Å². The number of nitrogens with two attached hydrogens (primary N) is 1. The van der Waals surface area contributed by atoms with E-state index >= 15 is 0 Å². The third-order valence-corrected chi connectivity index (χ3v) is 4.07. The molecule has 1 aromatic rings. The molecule has 0 atom stereocenters. The standard InChI is InChI=1S/C14H22BrN3/c1-11-9-12(15)14-13(10-11)18(7-3-5-16)8-4-6-17(14)2/h9-10H,3-8,16H2,1-2H3. The minimum Gasteiger partial charge on any atom is -0.372 e. The summed E-state index contributed by atoms with van der Waals surface area (Å²) in [5, 5.41) is 0. The quantitative estimate of drug-likeness (QED) is 0.931. The van der Waals surface area contributed by atoms with Crippen LogP contribution >= 0.6 is 15.9 Å². The molecule has 0 spiro atoms. The number of aryl methyl sites for hydroxylation is 1. The third-order valence-electron chi connectivity index (χ3n) is 3.46. The number of hydrogen-bond donors (Lipinski definition) is 1. The molecule has 3 nitrogen and oxygen atoms in total. The molecule has 0 radical (unpaired) electrons. The zero-order valence-electron chi connectivity index (χ0n) is 11.2. The van der Waals surface area contributed by atoms with Crippen molar-refractivity contribution in [2.24, 2.45) is 5.73 Å². The fourth-order valence-corrected chi connectivity index (χ4v) is 3.45. The molecule has 0 aliphatic carbocycles. The molecule has 1 aliphatic heterocycles. The molecule has 0 saturated carbocycles. The van der Waals surface area contributed by atoms with Gasteiger partial charge in [-0.15, -0.1) is 0 Å². The fourth-order valence-electron chi connectivity index (χ4n) is 2.58. The number of benzene rings is 1. The first-order chi connectivity index (χ1) is 8.63. The monoisotopic (exact) mass is 311 g/mol. The van der Waals surface area contributed by atoms with E-state index in [0.717, 1.165) is 32.6 Å². The minimum atomic E-state index is 0.759. The molecule has 0 bridgehead atoms. The molecule has 0 saturated heterocycles. The maximum Gasteiger partial charge on any atom is 0.0746 e. The van der Waals surface area contributed by atoms with Crippen LogP contribution in [0.4, 0.5) is 11.4 Å². The summed E-state index contributed by atoms with van der Waals surface area (Å²) in [5.74, 6) is 0. The van der Waals surface area contributed by atoms with Gasteiger partial charge in [-0.2, -0.15) is 0 Å². The number of hydrogen-bond acceptors (Lipinski definition) is 3. The lowest BCUT2D eigenvalue weighted by atomic mass is 10.1. The van der Waals surface area contributed by atoms with Gasteiger partial charge in [0.1, 0.15) is 0 Å². The van der Waals surface area contributed by atoms with E-state index < -0.39 is 0 Å². The Bertz CT molecular complexity index is 420. The number of halogens is 1. The average Bonchev–Trinajstić information content (AvgIpc) is 2.46. The van der Waals surface area contributed by atoms with Crippen LogP contribution in [-0.4, -0.2) is 33.2 Å². The molecule has 2 N–H and O–H groups in total. The topological polar surface area (TPSA) is 32.5 Å². The Labute approximate surface area is 118 Å². The molecular formula is C14H22BrN3. The summed E-state index contributed by atoms with van der Waals surface area (Å²) in [6.07, 6.45) is 2.25. The Morgan fingerprint density at radius 1 is 1.33 bits per heavy atom. The summed E-state index contributed by atoms with van der Waals surface area (Å²) in [4.78, 5) is 4.82. The van der Waals surface area contributed by atoms with E-state index in [4.69, 9.17) is 5.73 Å². The van der Waals surface area contributed by atoms with E-state index in [1.807, 2.05) is 0 Å². The van der Waals surface area contributed by atoms with Crippen LogP contribution in [0.15, 0.2) is 16.6 Å². The molecule has 1 aromatic carbocycles. The highest BCUT2D eigenvalue weighted by molar-refractivity contribution is 9.10. The van der Waals surface area contributed by atoms with Crippen molar-refractivity contribution in [3.63, 3.8) is 0 Å². The highest BCUT2D eigenvalue weighted by Crippen LogP contribution is 2.39. The second-order valence-electron chi connectivity index (χ2n) is 5.02. The van der Waals surface area contributed by atoms with Crippen LogP contribution in [-0.2, 0) is 0 Å². The molecule has 0 unspecified atom stereocenters. The first-order valence-electron chi connectivity index (χ1n) is 6.60. The van der Waals surface area contributed by atoms with Crippen LogP contribution < -0.4 is 15.5 Å². The number of fused-ring (bicyclic) bond motifs is 1. The van der Waals surface area contributed by atoms with Gasteiger partial charge in [-0.05, 0) is 59.9 Å². The molecule has 0 fully saturated rings. The van der Waals surface area contributed by atoms with Gasteiger partial charge >= 0.3 is 0 Å². The number of nitrogens with zero attached hydrogens (tertiary/aromatic N) is 2. The molecule has 100 valence electrons. The van der Waals surface area contributed by atoms with E-state index in [1.165, 1.54) is 27.8 Å². The molecule has 2 rings (SSSR count). The summed E-state index contributed by atoms with van der Waals surface area (Å²) in [5.41, 5.74) is 9.60. The SMILES string of the molecule is Cc1cc(Br)c2c(c1)N(CCCN)CCCN2C. The van der Waals surface area contributed by atoms with Crippen molar-refractivity contribution < 1.29 is 0 Å². The van der Waals surface area contributed by atoms with Gasteiger partial charge in [0.25, 0.3) is 0 Å². The second-order valence-corrected chi connectivity index (χ2v) is 5.87. The Hall–Kier alpha value is -0.740. The summed E-state index contributed by atoms with van der Waals surface area (Å²) in [6, 6.07) is 4.49. The predicted molar refractivity (Wildman–Crippen MR) is 82.7 cm³/mol. The van der Waals surface area contributed by atoms with E-state index in [0.29, 0.717) is 0 Å². The zero-order chi connectivity index (χ0) is 13.1. The molecule has 0 aromatic heterocycles. The van der Waals surface area contributed by atoms with Crippen LogP contribution in [0, 0.1) is 6.92 Å². The zero-order valence-corrected chi connectivity index (χ0v) is 12.8. The van der Waals surface area contributed by atoms with Crippen molar-refractivity contribution >= 4 is 27.3 Å². The van der Waals surface area contributed by atoms with Gasteiger partial charge < -0.3 is 15.5 Å². The van der Waals surface area contributed by atoms with Gasteiger partial charge in [0.2, 0.25) is 0 Å². The fraction of sp³-hybridized carbons (Fsp3) is 0.571. The third kappa shape index (κ3) is 2.81. The molecule has 1 heterocycles. The molecular weight excluding hydrogens is 290 g/mol. The van der Waals surface area contributed by atoms with Crippen molar-refractivity contribution in [3.05, 3.63) is 22.2 Å². The largest absolute Gasteiger partial charge is 0.372 e. The normalized spacial score (nSPS) is 15.6. The van der Waals surface area contributed by atoms with E-state index in [1.54, 1.807) is 0 Å². The van der Waals surface area contributed by atoms with E-state index in [2.05, 4.69) is 51.8 Å². The van der Waals surface area contributed by atoms with Crippen molar-refractivity contribution in [1.82, 2.24) is 0 Å². The minimum absolute atomic E-state index is 0.759. The van der Waals surface area contributed by atoms with Crippen LogP contribution in [0.2, 0.25) is 0 Å².